The summed E-state index contributed by atoms with van der Waals surface area (Å²) < 4.78 is 166. The molecular weight excluding hydrogens is 1070 g/mol. The molecule has 0 unspecified atom stereocenters. The van der Waals surface area contributed by atoms with E-state index in [2.05, 4.69) is 45.0 Å². The van der Waals surface area contributed by atoms with Crippen LogP contribution in [-0.2, 0) is 54.8 Å². The molecule has 0 aliphatic heterocycles. The van der Waals surface area contributed by atoms with E-state index in [4.69, 9.17) is 21.9 Å². The van der Waals surface area contributed by atoms with Crippen LogP contribution in [-0.4, -0.2) is 93.6 Å². The van der Waals surface area contributed by atoms with Crippen LogP contribution in [0.5, 0.6) is 0 Å². The van der Waals surface area contributed by atoms with Crippen LogP contribution in [0.25, 0.3) is 10.8 Å². The van der Waals surface area contributed by atoms with Gasteiger partial charge in [0.1, 0.15) is 41.7 Å². The van der Waals surface area contributed by atoms with E-state index < -0.39 is 100 Å². The molecule has 1 aromatic heterocycles. The minimum atomic E-state index is -5.53. The van der Waals surface area contributed by atoms with E-state index in [1.54, 1.807) is 0 Å². The van der Waals surface area contributed by atoms with E-state index in [1.165, 1.54) is 30.3 Å². The number of rotatable bonds is 15. The largest absolute Gasteiger partial charge is 1.00 e. The van der Waals surface area contributed by atoms with E-state index >= 15 is 0 Å². The summed E-state index contributed by atoms with van der Waals surface area (Å²) in [5.74, 6) is -1.16. The van der Waals surface area contributed by atoms with Crippen LogP contribution in [0.4, 0.5) is 40.3 Å². The molecule has 4 aromatic carbocycles. The first kappa shape index (κ1) is 62.0. The summed E-state index contributed by atoms with van der Waals surface area (Å²) >= 11 is 6.06. The molecule has 5 aromatic rings. The van der Waals surface area contributed by atoms with E-state index in [-0.39, 0.29) is 256 Å². The van der Waals surface area contributed by atoms with E-state index in [0.29, 0.717) is 18.2 Å². The number of fused-ring (bicyclic) bond motifs is 1. The third-order valence-electron chi connectivity index (χ3n) is 7.18. The van der Waals surface area contributed by atoms with Crippen molar-refractivity contribution in [2.24, 2.45) is 21.0 Å². The number of sulfone groups is 1. The number of amidine groups is 1. The second-order valence-corrected chi connectivity index (χ2v) is 18.9. The van der Waals surface area contributed by atoms with Gasteiger partial charge in [-0.15, -0.1) is 10.2 Å². The molecule has 25 nitrogen and oxygen atoms in total. The molecule has 0 radical (unpaired) electrons. The van der Waals surface area contributed by atoms with Crippen molar-refractivity contribution in [3.8, 4) is 0 Å². The molecule has 0 saturated carbocycles. The summed E-state index contributed by atoms with van der Waals surface area (Å²) in [7, 11) is -25.3. The number of aliphatic imine (C=N–C) groups is 1. The fraction of sp³-hybridized carbons (Fsp3) is 0.0714. The van der Waals surface area contributed by atoms with Gasteiger partial charge in [-0.2, -0.15) is 23.4 Å². The Balaban J connectivity index is 0.00000496. The van der Waals surface area contributed by atoms with Crippen LogP contribution in [0.3, 0.4) is 0 Å². The van der Waals surface area contributed by atoms with Crippen LogP contribution >= 0.6 is 11.6 Å². The number of halogens is 1. The molecule has 0 aliphatic carbocycles. The first-order chi connectivity index (χ1) is 27.2. The van der Waals surface area contributed by atoms with Crippen LogP contribution in [0.2, 0.25) is 5.28 Å². The fourth-order valence-corrected chi connectivity index (χ4v) is 8.38. The molecule has 0 fully saturated rings. The van der Waals surface area contributed by atoms with E-state index in [9.17, 15) is 60.9 Å². The van der Waals surface area contributed by atoms with Gasteiger partial charge < -0.3 is 35.1 Å². The zero-order chi connectivity index (χ0) is 43.7. The standard InChI is InChI=1S/C28H24ClN9O16S5.4K/c29-25-34-27(31-15-1-4-17(5-2-15)55(40,41)8-7-54-59(51,52)53)36-28(35-25)32-16-3-6-20(21(11-16)33-26(30)39)37-38-22-13-19-14(10-24(22)58(48,49)50)9-18(56(42,43)44)12-23(19)57(45,46)47;;;;/h1-6,9-13H,7-8H2,(H3,30,33,39)(H,42,43,44)(H,45,46,47)(H,48,49,50)(H,51,52,53)(H2,31,32,34,35,36);;;;/q;4*+1/p-4. The molecule has 0 saturated heterocycles. The minimum Gasteiger partial charge on any atom is -0.846 e. The number of nitrogens with one attached hydrogen (secondary N) is 2. The minimum absolute atomic E-state index is 0. The maximum atomic E-state index is 12.5. The number of benzene rings is 4. The number of anilines is 4. The monoisotopic (exact) mass is 1090 g/mol. The van der Waals surface area contributed by atoms with Crippen molar-refractivity contribution < 1.29 is 275 Å². The third-order valence-corrected chi connectivity index (χ3v) is 12.1. The SMILES string of the molecule is NC([O-])=Nc1cc(Nc2nc(Cl)nc(Nc3ccc(S(=O)(=O)CCOS(=O)(=O)O)cc3)n2)ccc1N=Nc1cc2c(S(=O)(=O)[O-])cc(S(=O)(=O)[O-])cc2cc1S(=O)(=O)[O-].[K+].[K+].[K+].[K+]. The molecule has 63 heavy (non-hydrogen) atoms. The molecule has 314 valence electrons. The number of nitrogens with two attached hydrogens (primary N) is 1. The van der Waals surface area contributed by atoms with Crippen molar-refractivity contribution in [1.82, 2.24) is 15.0 Å². The Kier molecular flexibility index (Phi) is 24.8. The van der Waals surface area contributed by atoms with Gasteiger partial charge in [-0.1, -0.05) is 0 Å². The number of azo groups is 1. The van der Waals surface area contributed by atoms with Gasteiger partial charge in [-0.3, -0.25) is 4.55 Å². The first-order valence-electron chi connectivity index (χ1n) is 15.1. The molecule has 35 heteroatoms. The molecule has 0 bridgehead atoms. The zero-order valence-electron chi connectivity index (χ0n) is 32.5. The summed E-state index contributed by atoms with van der Waals surface area (Å²) in [4.78, 5) is 11.7. The number of nitrogens with zero attached hydrogens (tertiary/aromatic N) is 6. The summed E-state index contributed by atoms with van der Waals surface area (Å²) in [6, 6.07) is 9.15. The van der Waals surface area contributed by atoms with Gasteiger partial charge in [0.05, 0.1) is 43.7 Å². The molecule has 0 amide bonds. The Morgan fingerprint density at radius 1 is 0.667 bits per heavy atom. The normalized spacial score (nSPS) is 12.4. The predicted octanol–water partition coefficient (Wildman–Crippen LogP) is -10.8. The molecule has 5 N–H and O–H groups in total. The molecule has 1 heterocycles. The summed E-state index contributed by atoms with van der Waals surface area (Å²) in [5, 5.41) is 23.2. The Bertz CT molecular complexity index is 3150. The van der Waals surface area contributed by atoms with Crippen molar-refractivity contribution in [1.29, 1.82) is 0 Å². The van der Waals surface area contributed by atoms with Crippen LogP contribution in [0.15, 0.2) is 102 Å². The van der Waals surface area contributed by atoms with Crippen LogP contribution in [0.1, 0.15) is 0 Å². The zero-order valence-corrected chi connectivity index (χ0v) is 49.8. The van der Waals surface area contributed by atoms with Gasteiger partial charge >= 0.3 is 216 Å². The summed E-state index contributed by atoms with van der Waals surface area (Å²) in [5.41, 5.74) is 4.03. The quantitative estimate of drug-likeness (QED) is 0.0249. The van der Waals surface area contributed by atoms with Gasteiger partial charge in [0.25, 0.3) is 0 Å². The summed E-state index contributed by atoms with van der Waals surface area (Å²) in [6.07, 6.45) is 0. The number of aromatic nitrogens is 3. The van der Waals surface area contributed by atoms with E-state index in [1.807, 2.05) is 0 Å². The molecular formula is C28H20ClK4N9O16S5. The average molecular weight is 1090 g/mol. The number of hydrogen-bond donors (Lipinski definition) is 4. The van der Waals surface area contributed by atoms with Crippen molar-refractivity contribution in [2.75, 3.05) is 23.0 Å². The van der Waals surface area contributed by atoms with Crippen LogP contribution < -0.4 is 227 Å². The number of hydrogen-bond acceptors (Lipinski definition) is 23. The van der Waals surface area contributed by atoms with Crippen molar-refractivity contribution in [3.05, 3.63) is 72.0 Å². The Morgan fingerprint density at radius 3 is 1.73 bits per heavy atom. The topological polar surface area (TPSA) is 418 Å². The smallest absolute Gasteiger partial charge is 0.846 e. The van der Waals surface area contributed by atoms with Gasteiger partial charge in [0, 0.05) is 16.8 Å². The fourth-order valence-electron chi connectivity index (χ4n) is 4.78. The van der Waals surface area contributed by atoms with Crippen molar-refractivity contribution in [3.63, 3.8) is 0 Å². The van der Waals surface area contributed by atoms with Crippen molar-refractivity contribution in [2.45, 2.75) is 19.6 Å². The predicted molar refractivity (Wildman–Crippen MR) is 197 cm³/mol. The molecule has 5 rings (SSSR count). The first-order valence-corrected chi connectivity index (χ1v) is 22.8. The van der Waals surface area contributed by atoms with Gasteiger partial charge in [0.15, 0.2) is 9.84 Å². The third kappa shape index (κ3) is 18.4. The second-order valence-electron chi connectivity index (χ2n) is 11.3. The van der Waals surface area contributed by atoms with Crippen LogP contribution in [0, 0.1) is 0 Å². The average Bonchev–Trinajstić information content (AvgIpc) is 3.08. The maximum Gasteiger partial charge on any atom is 1.00 e. The Labute approximate surface area is 533 Å². The van der Waals surface area contributed by atoms with Gasteiger partial charge in [-0.05, 0) is 83.7 Å². The molecule has 0 spiro atoms. The van der Waals surface area contributed by atoms with Crippen molar-refractivity contribution >= 4 is 119 Å². The Morgan fingerprint density at radius 2 is 1.21 bits per heavy atom. The second kappa shape index (κ2) is 25.2. The van der Waals surface area contributed by atoms with Gasteiger partial charge in [0.2, 0.25) is 17.2 Å². The Hall–Kier alpha value is 1.01. The molecule has 0 atom stereocenters. The van der Waals surface area contributed by atoms with Gasteiger partial charge in [-0.25, -0.2) is 42.8 Å². The molecule has 0 aliphatic rings. The van der Waals surface area contributed by atoms with E-state index in [0.717, 1.165) is 12.1 Å². The maximum absolute atomic E-state index is 12.5. The summed E-state index contributed by atoms with van der Waals surface area (Å²) in [6.45, 7) is -0.835.